The number of ether oxygens (including phenoxy) is 1. The lowest BCUT2D eigenvalue weighted by Gasteiger charge is -2.46. The Morgan fingerprint density at radius 2 is 2.17 bits per heavy atom. The maximum Gasteiger partial charge on any atom is 0.133 e. The number of methoxy groups -OCH3 is 1. The van der Waals surface area contributed by atoms with E-state index in [1.165, 1.54) is 11.1 Å². The number of aryl methyl sites for hydroxylation is 1. The second-order valence-corrected chi connectivity index (χ2v) is 5.92. The molecule has 2 atom stereocenters. The fraction of sp³-hybridized carbons (Fsp3) is 0.562. The molecule has 96 valence electrons. The molecule has 0 bridgehead atoms. The number of rotatable bonds is 1. The molecule has 3 rings (SSSR count). The highest BCUT2D eigenvalue weighted by Gasteiger charge is 2.44. The van der Waals surface area contributed by atoms with Gasteiger partial charge in [-0.25, -0.2) is 0 Å². The first-order chi connectivity index (χ1) is 8.63. The van der Waals surface area contributed by atoms with E-state index in [0.29, 0.717) is 11.7 Å². The van der Waals surface area contributed by atoms with Crippen LogP contribution in [0.25, 0.3) is 0 Å². The Morgan fingerprint density at radius 1 is 1.33 bits per heavy atom. The Bertz CT molecular complexity index is 492. The zero-order valence-electron chi connectivity index (χ0n) is 11.2. The van der Waals surface area contributed by atoms with Crippen LogP contribution in [0.4, 0.5) is 0 Å². The molecule has 18 heavy (non-hydrogen) atoms. The maximum atomic E-state index is 11.7. The van der Waals surface area contributed by atoms with Crippen LogP contribution in [0.2, 0.25) is 0 Å². The van der Waals surface area contributed by atoms with Crippen LogP contribution >= 0.6 is 0 Å². The number of benzene rings is 1. The molecule has 0 unspecified atom stereocenters. The molecular weight excluding hydrogens is 224 g/mol. The Balaban J connectivity index is 2.06. The van der Waals surface area contributed by atoms with Crippen LogP contribution < -0.4 is 4.74 Å². The van der Waals surface area contributed by atoms with Gasteiger partial charge in [0.25, 0.3) is 0 Å². The number of Topliss-reactive ketones (excluding diaryl/α,β-unsaturated/α-hetero) is 1. The van der Waals surface area contributed by atoms with Gasteiger partial charge in [-0.1, -0.05) is 13.0 Å². The highest BCUT2D eigenvalue weighted by atomic mass is 16.5. The summed E-state index contributed by atoms with van der Waals surface area (Å²) in [6, 6.07) is 6.44. The van der Waals surface area contributed by atoms with Crippen LogP contribution in [0.1, 0.15) is 43.7 Å². The first-order valence-electron chi connectivity index (χ1n) is 6.82. The third kappa shape index (κ3) is 1.66. The van der Waals surface area contributed by atoms with Gasteiger partial charge < -0.3 is 4.74 Å². The van der Waals surface area contributed by atoms with Crippen molar-refractivity contribution in [3.63, 3.8) is 0 Å². The molecule has 0 N–H and O–H groups in total. The average Bonchev–Trinajstić information content (AvgIpc) is 2.39. The van der Waals surface area contributed by atoms with Crippen LogP contribution in [0, 0.1) is 5.92 Å². The number of hydrogen-bond donors (Lipinski definition) is 0. The molecule has 2 aliphatic carbocycles. The fourth-order valence-corrected chi connectivity index (χ4v) is 3.74. The quantitative estimate of drug-likeness (QED) is 0.758. The first kappa shape index (κ1) is 11.8. The van der Waals surface area contributed by atoms with Gasteiger partial charge in [0.1, 0.15) is 11.5 Å². The Morgan fingerprint density at radius 3 is 2.94 bits per heavy atom. The van der Waals surface area contributed by atoms with Crippen molar-refractivity contribution in [1.29, 1.82) is 0 Å². The standard InChI is InChI=1S/C16H20O2/c1-16-8-7-13(17)9-12(16)5-3-11-4-6-14(18-2)10-15(11)16/h4,6,10,12H,3,5,7-9H2,1-2H3/t12-,16-/m1/s1. The molecule has 0 amide bonds. The van der Waals surface area contributed by atoms with Crippen molar-refractivity contribution in [3.8, 4) is 5.75 Å². The van der Waals surface area contributed by atoms with E-state index in [0.717, 1.165) is 37.9 Å². The number of carbonyl (C=O) groups is 1. The van der Waals surface area contributed by atoms with E-state index in [9.17, 15) is 4.79 Å². The summed E-state index contributed by atoms with van der Waals surface area (Å²) in [6.45, 7) is 2.33. The molecule has 0 radical (unpaired) electrons. The highest BCUT2D eigenvalue weighted by Crippen LogP contribution is 2.49. The van der Waals surface area contributed by atoms with Gasteiger partial charge in [0.15, 0.2) is 0 Å². The Hall–Kier alpha value is -1.31. The van der Waals surface area contributed by atoms with E-state index in [1.807, 2.05) is 0 Å². The third-order valence-electron chi connectivity index (χ3n) is 4.99. The van der Waals surface area contributed by atoms with Crippen molar-refractivity contribution in [2.75, 3.05) is 7.11 Å². The van der Waals surface area contributed by atoms with Crippen LogP contribution in [0.3, 0.4) is 0 Å². The minimum atomic E-state index is 0.177. The molecular formula is C16H20O2. The van der Waals surface area contributed by atoms with Crippen molar-refractivity contribution in [1.82, 2.24) is 0 Å². The lowest BCUT2D eigenvalue weighted by molar-refractivity contribution is -0.123. The topological polar surface area (TPSA) is 26.3 Å². The summed E-state index contributed by atoms with van der Waals surface area (Å²) in [5.74, 6) is 1.91. The lowest BCUT2D eigenvalue weighted by Crippen LogP contribution is -2.41. The molecule has 0 aromatic heterocycles. The second-order valence-electron chi connectivity index (χ2n) is 5.92. The maximum absolute atomic E-state index is 11.7. The number of fused-ring (bicyclic) bond motifs is 3. The van der Waals surface area contributed by atoms with E-state index >= 15 is 0 Å². The zero-order chi connectivity index (χ0) is 12.8. The van der Waals surface area contributed by atoms with E-state index in [2.05, 4.69) is 25.1 Å². The summed E-state index contributed by atoms with van der Waals surface area (Å²) in [6.07, 6.45) is 4.77. The number of ketones is 1. The van der Waals surface area contributed by atoms with Crippen LogP contribution in [-0.4, -0.2) is 12.9 Å². The molecule has 1 saturated carbocycles. The molecule has 2 heteroatoms. The molecule has 1 aromatic carbocycles. The second kappa shape index (κ2) is 4.11. The monoisotopic (exact) mass is 244 g/mol. The number of carbonyl (C=O) groups excluding carboxylic acids is 1. The normalized spacial score (nSPS) is 30.6. The average molecular weight is 244 g/mol. The zero-order valence-corrected chi connectivity index (χ0v) is 11.2. The predicted octanol–water partition coefficient (Wildman–Crippen LogP) is 3.27. The van der Waals surface area contributed by atoms with Gasteiger partial charge in [0.05, 0.1) is 7.11 Å². The highest BCUT2D eigenvalue weighted by molar-refractivity contribution is 5.80. The van der Waals surface area contributed by atoms with Crippen molar-refractivity contribution >= 4 is 5.78 Å². The first-order valence-corrected chi connectivity index (χ1v) is 6.82. The van der Waals surface area contributed by atoms with Crippen molar-refractivity contribution in [2.45, 2.75) is 44.4 Å². The van der Waals surface area contributed by atoms with Crippen molar-refractivity contribution < 1.29 is 9.53 Å². The van der Waals surface area contributed by atoms with Crippen LogP contribution in [0.5, 0.6) is 5.75 Å². The molecule has 2 aliphatic rings. The Kier molecular flexibility index (Phi) is 2.69. The summed E-state index contributed by atoms with van der Waals surface area (Å²) in [5.41, 5.74) is 3.05. The van der Waals surface area contributed by atoms with Gasteiger partial charge in [-0.3, -0.25) is 4.79 Å². The minimum Gasteiger partial charge on any atom is -0.497 e. The lowest BCUT2D eigenvalue weighted by atomic mass is 9.58. The summed E-state index contributed by atoms with van der Waals surface area (Å²) >= 11 is 0. The van der Waals surface area contributed by atoms with Gasteiger partial charge in [-0.15, -0.1) is 0 Å². The van der Waals surface area contributed by atoms with E-state index < -0.39 is 0 Å². The van der Waals surface area contributed by atoms with E-state index in [4.69, 9.17) is 4.74 Å². The Labute approximate surface area is 108 Å². The summed E-state index contributed by atoms with van der Waals surface area (Å²) in [7, 11) is 1.72. The number of hydrogen-bond acceptors (Lipinski definition) is 2. The molecule has 2 nitrogen and oxygen atoms in total. The SMILES string of the molecule is COc1ccc2c(c1)[C@]1(C)CCC(=O)C[C@H]1CC2. The van der Waals surface area contributed by atoms with Gasteiger partial charge in [-0.2, -0.15) is 0 Å². The summed E-state index contributed by atoms with van der Waals surface area (Å²) in [4.78, 5) is 11.7. The molecule has 1 fully saturated rings. The molecule has 0 aliphatic heterocycles. The third-order valence-corrected chi connectivity index (χ3v) is 4.99. The molecule has 0 saturated heterocycles. The fourth-order valence-electron chi connectivity index (χ4n) is 3.74. The summed E-state index contributed by atoms with van der Waals surface area (Å²) in [5, 5.41) is 0. The van der Waals surface area contributed by atoms with Crippen LogP contribution in [-0.2, 0) is 16.6 Å². The van der Waals surface area contributed by atoms with Gasteiger partial charge in [0, 0.05) is 12.8 Å². The van der Waals surface area contributed by atoms with Gasteiger partial charge >= 0.3 is 0 Å². The molecule has 0 heterocycles. The van der Waals surface area contributed by atoms with Crippen molar-refractivity contribution in [2.24, 2.45) is 5.92 Å². The molecule has 0 spiro atoms. The molecule has 1 aromatic rings. The van der Waals surface area contributed by atoms with Crippen LogP contribution in [0.15, 0.2) is 18.2 Å². The van der Waals surface area contributed by atoms with Gasteiger partial charge in [-0.05, 0) is 53.9 Å². The minimum absolute atomic E-state index is 0.177. The summed E-state index contributed by atoms with van der Waals surface area (Å²) < 4.78 is 5.36. The predicted molar refractivity (Wildman–Crippen MR) is 71.0 cm³/mol. The van der Waals surface area contributed by atoms with Gasteiger partial charge in [0.2, 0.25) is 0 Å². The van der Waals surface area contributed by atoms with E-state index in [1.54, 1.807) is 7.11 Å². The largest absolute Gasteiger partial charge is 0.497 e. The smallest absolute Gasteiger partial charge is 0.133 e. The van der Waals surface area contributed by atoms with E-state index in [-0.39, 0.29) is 5.41 Å². The van der Waals surface area contributed by atoms with Crippen molar-refractivity contribution in [3.05, 3.63) is 29.3 Å².